The van der Waals surface area contributed by atoms with Gasteiger partial charge in [0.25, 0.3) is 11.5 Å². The number of amides is 1. The number of rotatable bonds is 2. The van der Waals surface area contributed by atoms with E-state index in [2.05, 4.69) is 0 Å². The van der Waals surface area contributed by atoms with Crippen LogP contribution in [0.15, 0.2) is 23.1 Å². The quantitative estimate of drug-likeness (QED) is 0.826. The zero-order valence-electron chi connectivity index (χ0n) is 10.9. The largest absolute Gasteiger partial charge is 0.481 e. The molecule has 1 aliphatic rings. The normalized spacial score (nSPS) is 22.5. The van der Waals surface area contributed by atoms with Gasteiger partial charge in [0.1, 0.15) is 0 Å². The minimum atomic E-state index is -0.883. The zero-order valence-corrected chi connectivity index (χ0v) is 10.9. The summed E-state index contributed by atoms with van der Waals surface area (Å²) < 4.78 is 1.38. The first-order valence-corrected chi connectivity index (χ1v) is 6.09. The number of aryl methyl sites for hydroxylation is 1. The Labute approximate surface area is 110 Å². The van der Waals surface area contributed by atoms with Gasteiger partial charge < -0.3 is 14.6 Å². The van der Waals surface area contributed by atoms with E-state index in [1.54, 1.807) is 13.1 Å². The van der Waals surface area contributed by atoms with Crippen LogP contribution in [0.4, 0.5) is 0 Å². The third-order valence-corrected chi connectivity index (χ3v) is 3.57. The number of carboxylic acids is 1. The molecule has 1 aromatic heterocycles. The SMILES string of the molecule is C[C@@H]1CN(C(=O)c2ccn(C)c(=O)c2)C[C@H]1C(=O)O. The maximum Gasteiger partial charge on any atom is 0.308 e. The van der Waals surface area contributed by atoms with Crippen molar-refractivity contribution in [2.75, 3.05) is 13.1 Å². The molecular formula is C13H16N2O4. The molecule has 1 saturated heterocycles. The summed E-state index contributed by atoms with van der Waals surface area (Å²) >= 11 is 0. The third kappa shape index (κ3) is 2.52. The number of aliphatic carboxylic acids is 1. The van der Waals surface area contributed by atoms with E-state index >= 15 is 0 Å². The Hall–Kier alpha value is -2.11. The number of pyridine rings is 1. The number of aromatic nitrogens is 1. The second-order valence-corrected chi connectivity index (χ2v) is 5.00. The van der Waals surface area contributed by atoms with Gasteiger partial charge in [-0.05, 0) is 12.0 Å². The van der Waals surface area contributed by atoms with Crippen LogP contribution in [-0.4, -0.2) is 39.5 Å². The highest BCUT2D eigenvalue weighted by molar-refractivity contribution is 5.94. The standard InChI is InChI=1S/C13H16N2O4/c1-8-6-15(7-10(8)13(18)19)12(17)9-3-4-14(2)11(16)5-9/h3-5,8,10H,6-7H2,1-2H3,(H,18,19)/t8-,10-/m1/s1. The molecule has 0 radical (unpaired) electrons. The fourth-order valence-electron chi connectivity index (χ4n) is 2.32. The molecular weight excluding hydrogens is 248 g/mol. The number of hydrogen-bond donors (Lipinski definition) is 1. The zero-order chi connectivity index (χ0) is 14.2. The summed E-state index contributed by atoms with van der Waals surface area (Å²) in [6.07, 6.45) is 1.53. The van der Waals surface area contributed by atoms with Gasteiger partial charge in [0.15, 0.2) is 0 Å². The van der Waals surface area contributed by atoms with Crippen molar-refractivity contribution >= 4 is 11.9 Å². The third-order valence-electron chi connectivity index (χ3n) is 3.57. The molecule has 2 atom stereocenters. The van der Waals surface area contributed by atoms with E-state index < -0.39 is 11.9 Å². The predicted molar refractivity (Wildman–Crippen MR) is 67.9 cm³/mol. The molecule has 0 unspecified atom stereocenters. The van der Waals surface area contributed by atoms with Gasteiger partial charge in [-0.3, -0.25) is 14.4 Å². The monoisotopic (exact) mass is 264 g/mol. The van der Waals surface area contributed by atoms with Gasteiger partial charge in [-0.1, -0.05) is 6.92 Å². The van der Waals surface area contributed by atoms with Crippen molar-refractivity contribution in [3.8, 4) is 0 Å². The summed E-state index contributed by atoms with van der Waals surface area (Å²) in [7, 11) is 1.61. The van der Waals surface area contributed by atoms with E-state index in [1.165, 1.54) is 21.7 Å². The molecule has 1 fully saturated rings. The van der Waals surface area contributed by atoms with Crippen LogP contribution in [0, 0.1) is 11.8 Å². The summed E-state index contributed by atoms with van der Waals surface area (Å²) in [5.41, 5.74) is 0.0502. The second kappa shape index (κ2) is 4.87. The molecule has 0 aliphatic carbocycles. The van der Waals surface area contributed by atoms with Crippen molar-refractivity contribution in [1.29, 1.82) is 0 Å². The number of hydrogen-bond acceptors (Lipinski definition) is 3. The van der Waals surface area contributed by atoms with Crippen molar-refractivity contribution < 1.29 is 14.7 Å². The number of carbonyl (C=O) groups is 2. The first-order valence-electron chi connectivity index (χ1n) is 6.09. The Kier molecular flexibility index (Phi) is 3.42. The van der Waals surface area contributed by atoms with Gasteiger partial charge in [0.2, 0.25) is 0 Å². The lowest BCUT2D eigenvalue weighted by Crippen LogP contribution is -2.31. The van der Waals surface area contributed by atoms with Gasteiger partial charge in [0.05, 0.1) is 5.92 Å². The van der Waals surface area contributed by atoms with Gasteiger partial charge >= 0.3 is 5.97 Å². The fourth-order valence-corrected chi connectivity index (χ4v) is 2.32. The van der Waals surface area contributed by atoms with Crippen molar-refractivity contribution in [2.45, 2.75) is 6.92 Å². The Bertz CT molecular complexity index is 578. The summed E-state index contributed by atoms with van der Waals surface area (Å²) in [5, 5.41) is 9.04. The lowest BCUT2D eigenvalue weighted by Gasteiger charge is -2.15. The lowest BCUT2D eigenvalue weighted by atomic mass is 9.99. The van der Waals surface area contributed by atoms with Gasteiger partial charge in [0, 0.05) is 38.0 Å². The molecule has 0 aromatic carbocycles. The molecule has 6 heteroatoms. The van der Waals surface area contributed by atoms with E-state index in [0.29, 0.717) is 12.1 Å². The van der Waals surface area contributed by atoms with Gasteiger partial charge in [-0.2, -0.15) is 0 Å². The maximum atomic E-state index is 12.2. The van der Waals surface area contributed by atoms with Crippen LogP contribution >= 0.6 is 0 Å². The minimum Gasteiger partial charge on any atom is -0.481 e. The molecule has 0 saturated carbocycles. The second-order valence-electron chi connectivity index (χ2n) is 5.00. The smallest absolute Gasteiger partial charge is 0.308 e. The van der Waals surface area contributed by atoms with E-state index in [0.717, 1.165) is 0 Å². The van der Waals surface area contributed by atoms with Gasteiger partial charge in [-0.15, -0.1) is 0 Å². The molecule has 102 valence electrons. The summed E-state index contributed by atoms with van der Waals surface area (Å²) in [5.74, 6) is -1.77. The predicted octanol–water partition coefficient (Wildman–Crippen LogP) is 0.178. The van der Waals surface area contributed by atoms with E-state index in [1.807, 2.05) is 6.92 Å². The molecule has 1 aromatic rings. The molecule has 0 spiro atoms. The van der Waals surface area contributed by atoms with Crippen molar-refractivity contribution in [2.24, 2.45) is 18.9 Å². The van der Waals surface area contributed by atoms with Crippen molar-refractivity contribution in [3.63, 3.8) is 0 Å². The average Bonchev–Trinajstić information content (AvgIpc) is 2.74. The van der Waals surface area contributed by atoms with Crippen LogP contribution in [0.5, 0.6) is 0 Å². The Morgan fingerprint density at radius 1 is 1.37 bits per heavy atom. The van der Waals surface area contributed by atoms with Gasteiger partial charge in [-0.25, -0.2) is 0 Å². The van der Waals surface area contributed by atoms with E-state index in [4.69, 9.17) is 5.11 Å². The van der Waals surface area contributed by atoms with Crippen LogP contribution in [0.2, 0.25) is 0 Å². The molecule has 1 amide bonds. The highest BCUT2D eigenvalue weighted by atomic mass is 16.4. The first-order chi connectivity index (χ1) is 8.90. The van der Waals surface area contributed by atoms with Crippen molar-refractivity contribution in [1.82, 2.24) is 9.47 Å². The fraction of sp³-hybridized carbons (Fsp3) is 0.462. The highest BCUT2D eigenvalue weighted by Gasteiger charge is 2.37. The molecule has 0 bridgehead atoms. The molecule has 2 heterocycles. The Morgan fingerprint density at radius 2 is 2.05 bits per heavy atom. The highest BCUT2D eigenvalue weighted by Crippen LogP contribution is 2.24. The van der Waals surface area contributed by atoms with Crippen LogP contribution in [0.25, 0.3) is 0 Å². The molecule has 1 N–H and O–H groups in total. The number of carbonyl (C=O) groups excluding carboxylic acids is 1. The lowest BCUT2D eigenvalue weighted by molar-refractivity contribution is -0.142. The van der Waals surface area contributed by atoms with Crippen LogP contribution in [0.1, 0.15) is 17.3 Å². The molecule has 2 rings (SSSR count). The topological polar surface area (TPSA) is 79.6 Å². The molecule has 6 nitrogen and oxygen atoms in total. The Morgan fingerprint density at radius 3 is 2.58 bits per heavy atom. The summed E-state index contributed by atoms with van der Waals surface area (Å²) in [6.45, 7) is 2.42. The van der Waals surface area contributed by atoms with Crippen molar-refractivity contribution in [3.05, 3.63) is 34.2 Å². The maximum absolute atomic E-state index is 12.2. The van der Waals surface area contributed by atoms with Crippen LogP contribution in [0.3, 0.4) is 0 Å². The van der Waals surface area contributed by atoms with Crippen LogP contribution < -0.4 is 5.56 Å². The number of carboxylic acid groups (broad SMARTS) is 1. The molecule has 19 heavy (non-hydrogen) atoms. The van der Waals surface area contributed by atoms with Crippen LogP contribution in [-0.2, 0) is 11.8 Å². The van der Waals surface area contributed by atoms with E-state index in [9.17, 15) is 14.4 Å². The Balaban J connectivity index is 2.19. The summed E-state index contributed by atoms with van der Waals surface area (Å²) in [4.78, 5) is 36.2. The number of nitrogens with zero attached hydrogens (tertiary/aromatic N) is 2. The minimum absolute atomic E-state index is 0.0759. The summed E-state index contributed by atoms with van der Waals surface area (Å²) in [6, 6.07) is 2.85. The number of likely N-dealkylation sites (tertiary alicyclic amines) is 1. The van der Waals surface area contributed by atoms with E-state index in [-0.39, 0.29) is 23.9 Å². The first kappa shape index (κ1) is 13.3. The molecule has 1 aliphatic heterocycles. The average molecular weight is 264 g/mol.